The predicted molar refractivity (Wildman–Crippen MR) is 52.2 cm³/mol. The van der Waals surface area contributed by atoms with Crippen LogP contribution in [-0.4, -0.2) is 30.4 Å². The second-order valence-corrected chi connectivity index (χ2v) is 3.65. The van der Waals surface area contributed by atoms with E-state index >= 15 is 0 Å². The molecule has 1 unspecified atom stereocenters. The number of likely N-dealkylation sites (N-methyl/N-ethyl adjacent to an activating group) is 1. The monoisotopic (exact) mass is 175 g/mol. The third kappa shape index (κ3) is 7.89. The van der Waals surface area contributed by atoms with Gasteiger partial charge in [0.25, 0.3) is 0 Å². The van der Waals surface area contributed by atoms with Gasteiger partial charge in [-0.15, -0.1) is 11.6 Å². The largest absolute Gasteiger partial charge is 0.303 e. The fourth-order valence-electron chi connectivity index (χ4n) is 0.775. The number of halogens is 1. The smallest absolute Gasteiger partial charge is 0.0320 e. The minimum absolute atomic E-state index is 0.294. The minimum atomic E-state index is 0.294. The van der Waals surface area contributed by atoms with E-state index in [1.165, 1.54) is 0 Å². The molecule has 0 rings (SSSR count). The van der Waals surface area contributed by atoms with Crippen LogP contribution >= 0.6 is 11.6 Å². The lowest BCUT2D eigenvalue weighted by Gasteiger charge is -2.14. The van der Waals surface area contributed by atoms with Gasteiger partial charge in [-0.1, -0.05) is 12.2 Å². The van der Waals surface area contributed by atoms with Crippen molar-refractivity contribution < 1.29 is 0 Å². The van der Waals surface area contributed by atoms with Crippen LogP contribution in [-0.2, 0) is 0 Å². The summed E-state index contributed by atoms with van der Waals surface area (Å²) in [5.41, 5.74) is 0. The summed E-state index contributed by atoms with van der Waals surface area (Å²) >= 11 is 5.81. The minimum Gasteiger partial charge on any atom is -0.303 e. The lowest BCUT2D eigenvalue weighted by Crippen LogP contribution is -2.21. The quantitative estimate of drug-likeness (QED) is 0.459. The molecule has 0 saturated heterocycles. The molecular weight excluding hydrogens is 158 g/mol. The maximum absolute atomic E-state index is 5.81. The highest BCUT2D eigenvalue weighted by Gasteiger charge is 1.98. The first-order valence-electron chi connectivity index (χ1n) is 4.10. The predicted octanol–water partition coefficient (Wildman–Crippen LogP) is 2.51. The van der Waals surface area contributed by atoms with Gasteiger partial charge >= 0.3 is 0 Å². The van der Waals surface area contributed by atoms with E-state index in [0.717, 1.165) is 19.5 Å². The van der Waals surface area contributed by atoms with E-state index in [1.807, 2.05) is 13.8 Å². The number of hydrogen-bond donors (Lipinski definition) is 0. The van der Waals surface area contributed by atoms with Crippen molar-refractivity contribution in [1.82, 2.24) is 4.90 Å². The summed E-state index contributed by atoms with van der Waals surface area (Å²) in [5.74, 6) is 0. The highest BCUT2D eigenvalue weighted by atomic mass is 35.5. The van der Waals surface area contributed by atoms with Crippen LogP contribution < -0.4 is 0 Å². The fraction of sp³-hybridized carbons (Fsp3) is 0.778. The summed E-state index contributed by atoms with van der Waals surface area (Å²) in [7, 11) is 2.11. The third-order valence-corrected chi connectivity index (χ3v) is 1.78. The van der Waals surface area contributed by atoms with Gasteiger partial charge in [-0.3, -0.25) is 0 Å². The summed E-state index contributed by atoms with van der Waals surface area (Å²) in [6.45, 7) is 6.18. The van der Waals surface area contributed by atoms with Crippen molar-refractivity contribution in [2.45, 2.75) is 25.6 Å². The first-order chi connectivity index (χ1) is 5.16. The van der Waals surface area contributed by atoms with Crippen LogP contribution in [0.5, 0.6) is 0 Å². The standard InChI is InChI=1S/C9H18ClN/c1-4-5-7-11(3)8-6-9(2)10/h4-5,9H,6-8H2,1-3H3/b5-4+. The molecule has 1 atom stereocenters. The maximum Gasteiger partial charge on any atom is 0.0320 e. The van der Waals surface area contributed by atoms with Gasteiger partial charge in [0.05, 0.1) is 0 Å². The molecule has 0 aromatic heterocycles. The molecule has 0 fully saturated rings. The number of nitrogens with zero attached hydrogens (tertiary/aromatic N) is 1. The topological polar surface area (TPSA) is 3.24 Å². The Labute approximate surface area is 75.0 Å². The second kappa shape index (κ2) is 6.68. The Hall–Kier alpha value is -0.0100. The van der Waals surface area contributed by atoms with E-state index in [9.17, 15) is 0 Å². The highest BCUT2D eigenvalue weighted by Crippen LogP contribution is 2.00. The molecule has 1 nitrogen and oxygen atoms in total. The molecule has 0 heterocycles. The Morgan fingerprint density at radius 1 is 1.55 bits per heavy atom. The first kappa shape index (κ1) is 11.0. The Bertz CT molecular complexity index is 110. The van der Waals surface area contributed by atoms with Gasteiger partial charge in [0.15, 0.2) is 0 Å². The van der Waals surface area contributed by atoms with Crippen LogP contribution in [0.25, 0.3) is 0 Å². The zero-order chi connectivity index (χ0) is 8.69. The molecule has 0 N–H and O–H groups in total. The van der Waals surface area contributed by atoms with Gasteiger partial charge in [-0.05, 0) is 33.9 Å². The molecule has 0 aliphatic carbocycles. The van der Waals surface area contributed by atoms with E-state index < -0.39 is 0 Å². The molecule has 0 bridgehead atoms. The summed E-state index contributed by atoms with van der Waals surface area (Å²) in [4.78, 5) is 2.26. The zero-order valence-corrected chi connectivity index (χ0v) is 8.43. The van der Waals surface area contributed by atoms with E-state index in [2.05, 4.69) is 24.1 Å². The van der Waals surface area contributed by atoms with Gasteiger partial charge < -0.3 is 4.90 Å². The molecule has 0 aliphatic heterocycles. The molecule has 0 aromatic rings. The maximum atomic E-state index is 5.81. The van der Waals surface area contributed by atoms with Crippen LogP contribution in [0.1, 0.15) is 20.3 Å². The first-order valence-corrected chi connectivity index (χ1v) is 4.54. The summed E-state index contributed by atoms with van der Waals surface area (Å²) < 4.78 is 0. The van der Waals surface area contributed by atoms with Crippen molar-refractivity contribution in [2.75, 3.05) is 20.1 Å². The van der Waals surface area contributed by atoms with Gasteiger partial charge in [-0.25, -0.2) is 0 Å². The lowest BCUT2D eigenvalue weighted by molar-refractivity contribution is 0.363. The van der Waals surface area contributed by atoms with Gasteiger partial charge in [0, 0.05) is 11.9 Å². The van der Waals surface area contributed by atoms with Crippen molar-refractivity contribution in [3.8, 4) is 0 Å². The number of allylic oxidation sites excluding steroid dienone is 1. The van der Waals surface area contributed by atoms with Crippen molar-refractivity contribution in [3.63, 3.8) is 0 Å². The fourth-order valence-corrected chi connectivity index (χ4v) is 0.873. The van der Waals surface area contributed by atoms with E-state index in [0.29, 0.717) is 5.38 Å². The Morgan fingerprint density at radius 2 is 2.18 bits per heavy atom. The van der Waals surface area contributed by atoms with Crippen molar-refractivity contribution >= 4 is 11.6 Å². The van der Waals surface area contributed by atoms with Gasteiger partial charge in [-0.2, -0.15) is 0 Å². The average Bonchev–Trinajstić information content (AvgIpc) is 1.97. The van der Waals surface area contributed by atoms with Crippen LogP contribution in [0.4, 0.5) is 0 Å². The SMILES string of the molecule is C/C=C/CN(C)CCC(C)Cl. The Morgan fingerprint density at radius 3 is 2.64 bits per heavy atom. The van der Waals surface area contributed by atoms with Crippen LogP contribution in [0, 0.1) is 0 Å². The second-order valence-electron chi connectivity index (χ2n) is 2.90. The molecule has 0 aliphatic rings. The highest BCUT2D eigenvalue weighted by molar-refractivity contribution is 6.20. The molecule has 0 radical (unpaired) electrons. The Balaban J connectivity index is 3.29. The number of alkyl halides is 1. The normalized spacial score (nSPS) is 14.6. The van der Waals surface area contributed by atoms with E-state index in [4.69, 9.17) is 11.6 Å². The molecule has 66 valence electrons. The molecule has 0 saturated carbocycles. The van der Waals surface area contributed by atoms with Crippen molar-refractivity contribution in [2.24, 2.45) is 0 Å². The molecule has 0 spiro atoms. The van der Waals surface area contributed by atoms with Crippen molar-refractivity contribution in [1.29, 1.82) is 0 Å². The summed E-state index contributed by atoms with van der Waals surface area (Å²) in [6.07, 6.45) is 5.29. The van der Waals surface area contributed by atoms with Crippen LogP contribution in [0.3, 0.4) is 0 Å². The molecule has 0 aromatic carbocycles. The molecule has 0 amide bonds. The summed E-state index contributed by atoms with van der Waals surface area (Å²) in [6, 6.07) is 0. The summed E-state index contributed by atoms with van der Waals surface area (Å²) in [5, 5.41) is 0.294. The van der Waals surface area contributed by atoms with Crippen LogP contribution in [0.2, 0.25) is 0 Å². The molecule has 2 heteroatoms. The van der Waals surface area contributed by atoms with E-state index in [-0.39, 0.29) is 0 Å². The Kier molecular flexibility index (Phi) is 6.68. The third-order valence-electron chi connectivity index (χ3n) is 1.56. The molecular formula is C9H18ClN. The average molecular weight is 176 g/mol. The lowest BCUT2D eigenvalue weighted by atomic mass is 10.3. The van der Waals surface area contributed by atoms with Gasteiger partial charge in [0.2, 0.25) is 0 Å². The number of hydrogen-bond acceptors (Lipinski definition) is 1. The molecule has 11 heavy (non-hydrogen) atoms. The van der Waals surface area contributed by atoms with Crippen molar-refractivity contribution in [3.05, 3.63) is 12.2 Å². The zero-order valence-electron chi connectivity index (χ0n) is 7.68. The van der Waals surface area contributed by atoms with E-state index in [1.54, 1.807) is 0 Å². The van der Waals surface area contributed by atoms with Crippen LogP contribution in [0.15, 0.2) is 12.2 Å². The number of rotatable bonds is 5. The van der Waals surface area contributed by atoms with Gasteiger partial charge in [0.1, 0.15) is 0 Å².